The van der Waals surface area contributed by atoms with E-state index in [1.165, 1.54) is 12.1 Å². The number of rotatable bonds is 4. The van der Waals surface area contributed by atoms with Crippen LogP contribution in [-0.2, 0) is 31.9 Å². The molecule has 2 aliphatic heterocycles. The molecule has 148 valence electrons. The fourth-order valence-corrected chi connectivity index (χ4v) is 3.26. The fourth-order valence-electron chi connectivity index (χ4n) is 2.96. The van der Waals surface area contributed by atoms with Crippen molar-refractivity contribution < 1.29 is 32.3 Å². The van der Waals surface area contributed by atoms with Gasteiger partial charge in [0.05, 0.1) is 10.6 Å². The molecule has 2 aliphatic rings. The lowest BCUT2D eigenvalue weighted by molar-refractivity contribution is -0.149. The van der Waals surface area contributed by atoms with Crippen LogP contribution < -0.4 is 10.6 Å². The second kappa shape index (κ2) is 7.27. The van der Waals surface area contributed by atoms with Gasteiger partial charge in [0.1, 0.15) is 11.7 Å². The van der Waals surface area contributed by atoms with Gasteiger partial charge < -0.3 is 5.32 Å². The van der Waals surface area contributed by atoms with Crippen molar-refractivity contribution in [1.82, 2.24) is 15.5 Å². The lowest BCUT2D eigenvalue weighted by atomic mass is 10.0. The van der Waals surface area contributed by atoms with Gasteiger partial charge >= 0.3 is 6.18 Å². The molecule has 4 amide bonds. The normalized spacial score (nSPS) is 20.4. The van der Waals surface area contributed by atoms with Crippen molar-refractivity contribution in [3.63, 3.8) is 0 Å². The summed E-state index contributed by atoms with van der Waals surface area (Å²) in [5.74, 6) is -2.81. The molecule has 1 unspecified atom stereocenters. The Morgan fingerprint density at radius 2 is 1.93 bits per heavy atom. The largest absolute Gasteiger partial charge is 0.417 e. The first kappa shape index (κ1) is 19.9. The highest BCUT2D eigenvalue weighted by molar-refractivity contribution is 6.32. The summed E-state index contributed by atoms with van der Waals surface area (Å²) < 4.78 is 38.8. The van der Waals surface area contributed by atoms with E-state index in [1.54, 1.807) is 0 Å². The number of carbonyl (C=O) groups is 4. The maximum atomic E-state index is 12.9. The Kier molecular flexibility index (Phi) is 5.16. The molecule has 1 saturated heterocycles. The number of amides is 4. The molecular formula is C17H13ClF3N3O4. The van der Waals surface area contributed by atoms with Crippen LogP contribution >= 0.6 is 11.6 Å². The lowest BCUT2D eigenvalue weighted by Gasteiger charge is -2.28. The Bertz CT molecular complexity index is 913. The van der Waals surface area contributed by atoms with E-state index in [-0.39, 0.29) is 30.6 Å². The summed E-state index contributed by atoms with van der Waals surface area (Å²) >= 11 is 5.80. The first-order valence-corrected chi connectivity index (χ1v) is 8.48. The molecule has 3 rings (SSSR count). The summed E-state index contributed by atoms with van der Waals surface area (Å²) in [6, 6.07) is 2.24. The van der Waals surface area contributed by atoms with E-state index in [9.17, 15) is 32.3 Å². The van der Waals surface area contributed by atoms with Gasteiger partial charge in [-0.25, -0.2) is 0 Å². The van der Waals surface area contributed by atoms with E-state index in [0.717, 1.165) is 17.0 Å². The summed E-state index contributed by atoms with van der Waals surface area (Å²) in [6.45, 7) is -0.239. The Hall–Kier alpha value is -2.88. The van der Waals surface area contributed by atoms with E-state index in [2.05, 4.69) is 10.6 Å². The number of imide groups is 2. The van der Waals surface area contributed by atoms with Crippen LogP contribution in [0.1, 0.15) is 24.0 Å². The molecule has 2 heterocycles. The zero-order valence-electron chi connectivity index (χ0n) is 14.1. The molecule has 11 heteroatoms. The highest BCUT2D eigenvalue weighted by Gasteiger charge is 2.42. The summed E-state index contributed by atoms with van der Waals surface area (Å²) in [4.78, 5) is 48.4. The van der Waals surface area contributed by atoms with Gasteiger partial charge in [0.15, 0.2) is 0 Å². The molecule has 0 spiro atoms. The van der Waals surface area contributed by atoms with Gasteiger partial charge in [0.2, 0.25) is 11.8 Å². The zero-order valence-corrected chi connectivity index (χ0v) is 14.9. The number of carbonyl (C=O) groups excluding carboxylic acids is 4. The van der Waals surface area contributed by atoms with Crippen LogP contribution in [-0.4, -0.2) is 34.6 Å². The van der Waals surface area contributed by atoms with Gasteiger partial charge in [-0.2, -0.15) is 13.2 Å². The Morgan fingerprint density at radius 1 is 1.21 bits per heavy atom. The number of benzene rings is 1. The standard InChI is InChI=1S/C17H13ClF3N3O4/c18-14-8(2-1-3-9(14)17(19,20)21)7-22-10-6-13(26)24(16(10)28)11-4-5-12(25)23-15(11)27/h1-3,6,11,22H,4-5,7H2,(H,23,25,27). The molecule has 0 aliphatic carbocycles. The van der Waals surface area contributed by atoms with Crippen LogP contribution in [0.15, 0.2) is 30.0 Å². The van der Waals surface area contributed by atoms with Crippen molar-refractivity contribution in [2.75, 3.05) is 0 Å². The molecule has 1 aromatic rings. The minimum Gasteiger partial charge on any atom is -0.376 e. The SMILES string of the molecule is O=C1CCC(N2C(=O)C=C(NCc3cccc(C(F)(F)F)c3Cl)C2=O)C(=O)N1. The summed E-state index contributed by atoms with van der Waals surface area (Å²) in [5.41, 5.74) is -1.11. The third-order valence-electron chi connectivity index (χ3n) is 4.33. The van der Waals surface area contributed by atoms with Crippen molar-refractivity contribution in [2.45, 2.75) is 31.6 Å². The maximum Gasteiger partial charge on any atom is 0.417 e. The number of piperidine rings is 1. The van der Waals surface area contributed by atoms with E-state index in [4.69, 9.17) is 11.6 Å². The van der Waals surface area contributed by atoms with Crippen LogP contribution in [0.3, 0.4) is 0 Å². The maximum absolute atomic E-state index is 12.9. The Morgan fingerprint density at radius 3 is 2.57 bits per heavy atom. The third kappa shape index (κ3) is 3.72. The van der Waals surface area contributed by atoms with Gasteiger partial charge in [-0.05, 0) is 18.1 Å². The van der Waals surface area contributed by atoms with E-state index in [0.29, 0.717) is 0 Å². The Labute approximate surface area is 161 Å². The van der Waals surface area contributed by atoms with Gasteiger partial charge in [0, 0.05) is 19.0 Å². The van der Waals surface area contributed by atoms with Crippen LogP contribution in [0.2, 0.25) is 5.02 Å². The van der Waals surface area contributed by atoms with Gasteiger partial charge in [-0.15, -0.1) is 0 Å². The minimum atomic E-state index is -4.63. The summed E-state index contributed by atoms with van der Waals surface area (Å²) in [6.07, 6.45) is -3.69. The molecule has 1 atom stereocenters. The second-order valence-corrected chi connectivity index (χ2v) is 6.55. The lowest BCUT2D eigenvalue weighted by Crippen LogP contribution is -2.54. The second-order valence-electron chi connectivity index (χ2n) is 6.17. The topological polar surface area (TPSA) is 95.6 Å². The monoisotopic (exact) mass is 415 g/mol. The molecular weight excluding hydrogens is 403 g/mol. The van der Waals surface area contributed by atoms with Crippen molar-refractivity contribution in [2.24, 2.45) is 0 Å². The van der Waals surface area contributed by atoms with Crippen molar-refractivity contribution in [3.8, 4) is 0 Å². The molecule has 0 bridgehead atoms. The summed E-state index contributed by atoms with van der Waals surface area (Å²) in [5, 5.41) is 4.13. The fraction of sp³-hybridized carbons (Fsp3) is 0.294. The molecule has 1 fully saturated rings. The first-order chi connectivity index (χ1) is 13.1. The van der Waals surface area contributed by atoms with Gasteiger partial charge in [-0.1, -0.05) is 23.7 Å². The van der Waals surface area contributed by atoms with E-state index >= 15 is 0 Å². The van der Waals surface area contributed by atoms with Crippen molar-refractivity contribution in [3.05, 3.63) is 46.1 Å². The smallest absolute Gasteiger partial charge is 0.376 e. The summed E-state index contributed by atoms with van der Waals surface area (Å²) in [7, 11) is 0. The van der Waals surface area contributed by atoms with Crippen molar-refractivity contribution >= 4 is 35.2 Å². The van der Waals surface area contributed by atoms with Crippen molar-refractivity contribution in [1.29, 1.82) is 0 Å². The predicted molar refractivity (Wildman–Crippen MR) is 89.4 cm³/mol. The predicted octanol–water partition coefficient (Wildman–Crippen LogP) is 1.51. The zero-order chi connectivity index (χ0) is 20.6. The van der Waals surface area contributed by atoms with Gasteiger partial charge in [-0.3, -0.25) is 29.4 Å². The van der Waals surface area contributed by atoms with Gasteiger partial charge in [0.25, 0.3) is 11.8 Å². The van der Waals surface area contributed by atoms with Crippen LogP contribution in [0.4, 0.5) is 13.2 Å². The number of alkyl halides is 3. The average molecular weight is 416 g/mol. The third-order valence-corrected chi connectivity index (χ3v) is 4.78. The van der Waals surface area contributed by atoms with E-state index in [1.807, 2.05) is 0 Å². The molecule has 1 aromatic carbocycles. The number of halogens is 4. The molecule has 2 N–H and O–H groups in total. The number of nitrogens with one attached hydrogen (secondary N) is 2. The quantitative estimate of drug-likeness (QED) is 0.727. The molecule has 0 radical (unpaired) electrons. The number of hydrogen-bond donors (Lipinski definition) is 2. The highest BCUT2D eigenvalue weighted by atomic mass is 35.5. The number of nitrogens with zero attached hydrogens (tertiary/aromatic N) is 1. The Balaban J connectivity index is 1.72. The van der Waals surface area contributed by atoms with Crippen LogP contribution in [0, 0.1) is 0 Å². The van der Waals surface area contributed by atoms with Crippen LogP contribution in [0.25, 0.3) is 0 Å². The molecule has 0 saturated carbocycles. The number of hydrogen-bond acceptors (Lipinski definition) is 5. The highest BCUT2D eigenvalue weighted by Crippen LogP contribution is 2.36. The van der Waals surface area contributed by atoms with Crippen LogP contribution in [0.5, 0.6) is 0 Å². The molecule has 0 aromatic heterocycles. The minimum absolute atomic E-state index is 0.00270. The molecule has 28 heavy (non-hydrogen) atoms. The molecule has 7 nitrogen and oxygen atoms in total. The van der Waals surface area contributed by atoms with E-state index < -0.39 is 46.4 Å². The average Bonchev–Trinajstić information content (AvgIpc) is 2.87. The first-order valence-electron chi connectivity index (χ1n) is 8.11.